The van der Waals surface area contributed by atoms with Gasteiger partial charge in [0.1, 0.15) is 5.75 Å². The summed E-state index contributed by atoms with van der Waals surface area (Å²) in [4.78, 5) is 4.18. The van der Waals surface area contributed by atoms with E-state index in [1.165, 1.54) is 0 Å². The summed E-state index contributed by atoms with van der Waals surface area (Å²) in [6.45, 7) is 4.17. The number of nitrogens with two attached hydrogens (primary N) is 1. The molecule has 0 aliphatic rings. The minimum atomic E-state index is -0.772. The van der Waals surface area contributed by atoms with Gasteiger partial charge in [0, 0.05) is 5.69 Å². The highest BCUT2D eigenvalue weighted by atomic mass is 127. The van der Waals surface area contributed by atoms with Crippen LogP contribution in [0.25, 0.3) is 0 Å². The van der Waals surface area contributed by atoms with Crippen molar-refractivity contribution in [3.8, 4) is 5.75 Å². The minimum absolute atomic E-state index is 0. The molecule has 0 saturated carbocycles. The van der Waals surface area contributed by atoms with Gasteiger partial charge in [-0.25, -0.2) is 0 Å². The molecule has 5 nitrogen and oxygen atoms in total. The molecular formula is C14H24IN3O2. The molecule has 0 heterocycles. The summed E-state index contributed by atoms with van der Waals surface area (Å²) in [6, 6.07) is 7.38. The summed E-state index contributed by atoms with van der Waals surface area (Å²) in [5.41, 5.74) is 5.85. The second-order valence-electron chi connectivity index (χ2n) is 4.49. The van der Waals surface area contributed by atoms with Crippen LogP contribution < -0.4 is 15.8 Å². The normalized spacial score (nSPS) is 11.7. The number of hydrogen-bond donors (Lipinski definition) is 3. The molecule has 0 atom stereocenters. The topological polar surface area (TPSA) is 79.9 Å². The number of aliphatic hydroxyl groups is 1. The molecule has 1 aromatic carbocycles. The van der Waals surface area contributed by atoms with Gasteiger partial charge in [-0.05, 0) is 37.1 Å². The lowest BCUT2D eigenvalue weighted by Gasteiger charge is -2.22. The maximum atomic E-state index is 10.1. The molecule has 4 N–H and O–H groups in total. The Morgan fingerprint density at radius 3 is 2.30 bits per heavy atom. The van der Waals surface area contributed by atoms with Crippen LogP contribution in [-0.2, 0) is 0 Å². The van der Waals surface area contributed by atoms with Crippen LogP contribution in [0.3, 0.4) is 0 Å². The summed E-state index contributed by atoms with van der Waals surface area (Å²) in [7, 11) is 1.62. The molecule has 0 saturated heterocycles. The lowest BCUT2D eigenvalue weighted by atomic mass is 9.98. The molecule has 0 fully saturated rings. The number of rotatable bonds is 6. The van der Waals surface area contributed by atoms with E-state index in [-0.39, 0.29) is 24.0 Å². The third-order valence-corrected chi connectivity index (χ3v) is 3.22. The predicted octanol–water partition coefficient (Wildman–Crippen LogP) is 2.59. The standard InChI is InChI=1S/C14H23N3O2.HI/c1-4-14(18,5-2)10-16-13(15)17-11-6-8-12(19-3)9-7-11;/h6-9,18H,4-5,10H2,1-3H3,(H3,15,16,17);1H. The molecular weight excluding hydrogens is 369 g/mol. The van der Waals surface area contributed by atoms with Crippen LogP contribution in [0.4, 0.5) is 5.69 Å². The Morgan fingerprint density at radius 1 is 1.30 bits per heavy atom. The Kier molecular flexibility index (Phi) is 8.56. The Labute approximate surface area is 137 Å². The van der Waals surface area contributed by atoms with Crippen molar-refractivity contribution in [2.75, 3.05) is 19.0 Å². The van der Waals surface area contributed by atoms with Crippen LogP contribution in [0.2, 0.25) is 0 Å². The second-order valence-corrected chi connectivity index (χ2v) is 4.49. The van der Waals surface area contributed by atoms with E-state index in [1.807, 2.05) is 38.1 Å². The molecule has 6 heteroatoms. The number of aliphatic imine (C=N–C) groups is 1. The molecule has 0 aliphatic carbocycles. The van der Waals surface area contributed by atoms with Gasteiger partial charge in [0.2, 0.25) is 0 Å². The number of ether oxygens (including phenoxy) is 1. The first-order valence-corrected chi connectivity index (χ1v) is 6.46. The van der Waals surface area contributed by atoms with Gasteiger partial charge in [-0.2, -0.15) is 0 Å². The zero-order chi connectivity index (χ0) is 14.3. The van der Waals surface area contributed by atoms with Crippen molar-refractivity contribution >= 4 is 35.6 Å². The summed E-state index contributed by atoms with van der Waals surface area (Å²) in [6.07, 6.45) is 1.31. The largest absolute Gasteiger partial charge is 0.497 e. The van der Waals surface area contributed by atoms with Crippen LogP contribution in [-0.4, -0.2) is 30.3 Å². The minimum Gasteiger partial charge on any atom is -0.497 e. The fourth-order valence-corrected chi connectivity index (χ4v) is 1.57. The van der Waals surface area contributed by atoms with Gasteiger partial charge in [-0.1, -0.05) is 13.8 Å². The summed E-state index contributed by atoms with van der Waals surface area (Å²) in [5.74, 6) is 1.08. The molecule has 1 aromatic rings. The molecule has 20 heavy (non-hydrogen) atoms. The van der Waals surface area contributed by atoms with Crippen LogP contribution >= 0.6 is 24.0 Å². The van der Waals surface area contributed by atoms with Crippen LogP contribution in [0.5, 0.6) is 5.75 Å². The van der Waals surface area contributed by atoms with E-state index in [2.05, 4.69) is 10.3 Å². The van der Waals surface area contributed by atoms with Crippen molar-refractivity contribution in [1.29, 1.82) is 0 Å². The van der Waals surface area contributed by atoms with Crippen LogP contribution in [0.15, 0.2) is 29.3 Å². The van der Waals surface area contributed by atoms with Crippen LogP contribution in [0.1, 0.15) is 26.7 Å². The van der Waals surface area contributed by atoms with Crippen LogP contribution in [0, 0.1) is 0 Å². The average Bonchev–Trinajstić information content (AvgIpc) is 2.45. The Balaban J connectivity index is 0.00000361. The first-order chi connectivity index (χ1) is 9.03. The smallest absolute Gasteiger partial charge is 0.193 e. The van der Waals surface area contributed by atoms with E-state index < -0.39 is 5.60 Å². The zero-order valence-corrected chi connectivity index (χ0v) is 14.5. The number of hydrogen-bond acceptors (Lipinski definition) is 3. The number of anilines is 1. The molecule has 0 radical (unpaired) electrons. The molecule has 0 aromatic heterocycles. The predicted molar refractivity (Wildman–Crippen MR) is 94.1 cm³/mol. The van der Waals surface area contributed by atoms with Crippen molar-refractivity contribution in [2.45, 2.75) is 32.3 Å². The van der Waals surface area contributed by atoms with E-state index in [0.717, 1.165) is 11.4 Å². The third kappa shape index (κ3) is 5.96. The quantitative estimate of drug-likeness (QED) is 0.394. The van der Waals surface area contributed by atoms with E-state index >= 15 is 0 Å². The fraction of sp³-hybridized carbons (Fsp3) is 0.500. The van der Waals surface area contributed by atoms with Crippen molar-refractivity contribution in [3.63, 3.8) is 0 Å². The molecule has 1 rings (SSSR count). The highest BCUT2D eigenvalue weighted by Gasteiger charge is 2.21. The average molecular weight is 393 g/mol. The summed E-state index contributed by atoms with van der Waals surface area (Å²) >= 11 is 0. The van der Waals surface area contributed by atoms with Crippen molar-refractivity contribution in [2.24, 2.45) is 10.7 Å². The number of guanidine groups is 1. The molecule has 0 amide bonds. The molecule has 0 unspecified atom stereocenters. The maximum absolute atomic E-state index is 10.1. The number of nitrogens with one attached hydrogen (secondary N) is 1. The van der Waals surface area contributed by atoms with Gasteiger partial charge < -0.3 is 20.9 Å². The number of benzene rings is 1. The summed E-state index contributed by atoms with van der Waals surface area (Å²) < 4.78 is 5.07. The Bertz CT molecular complexity index is 417. The van der Waals surface area contributed by atoms with Gasteiger partial charge in [-0.15, -0.1) is 24.0 Å². The SMILES string of the molecule is CCC(O)(CC)CN=C(N)Nc1ccc(OC)cc1.I. The van der Waals surface area contributed by atoms with E-state index in [0.29, 0.717) is 25.3 Å². The zero-order valence-electron chi connectivity index (χ0n) is 12.2. The second kappa shape index (κ2) is 9.02. The van der Waals surface area contributed by atoms with E-state index in [1.54, 1.807) is 7.11 Å². The van der Waals surface area contributed by atoms with Crippen molar-refractivity contribution in [1.82, 2.24) is 0 Å². The van der Waals surface area contributed by atoms with E-state index in [4.69, 9.17) is 10.5 Å². The van der Waals surface area contributed by atoms with Crippen molar-refractivity contribution in [3.05, 3.63) is 24.3 Å². The lowest BCUT2D eigenvalue weighted by Crippen LogP contribution is -2.33. The fourth-order valence-electron chi connectivity index (χ4n) is 1.57. The van der Waals surface area contributed by atoms with Gasteiger partial charge in [0.05, 0.1) is 19.3 Å². The number of nitrogens with zero attached hydrogens (tertiary/aromatic N) is 1. The Morgan fingerprint density at radius 2 is 1.85 bits per heavy atom. The van der Waals surface area contributed by atoms with Crippen molar-refractivity contribution < 1.29 is 9.84 Å². The van der Waals surface area contributed by atoms with E-state index in [9.17, 15) is 5.11 Å². The summed E-state index contributed by atoms with van der Waals surface area (Å²) in [5, 5.41) is 13.1. The van der Waals surface area contributed by atoms with Gasteiger partial charge >= 0.3 is 0 Å². The highest BCUT2D eigenvalue weighted by Crippen LogP contribution is 2.16. The highest BCUT2D eigenvalue weighted by molar-refractivity contribution is 14.0. The molecule has 0 aliphatic heterocycles. The molecule has 0 bridgehead atoms. The molecule has 114 valence electrons. The first-order valence-electron chi connectivity index (χ1n) is 6.46. The lowest BCUT2D eigenvalue weighted by molar-refractivity contribution is 0.0419. The monoisotopic (exact) mass is 393 g/mol. The third-order valence-electron chi connectivity index (χ3n) is 3.22. The Hall–Kier alpha value is -1.02. The number of halogens is 1. The maximum Gasteiger partial charge on any atom is 0.193 e. The molecule has 0 spiro atoms. The number of methoxy groups -OCH3 is 1. The van der Waals surface area contributed by atoms with Gasteiger partial charge in [-0.3, -0.25) is 4.99 Å². The van der Waals surface area contributed by atoms with Gasteiger partial charge in [0.25, 0.3) is 0 Å². The first kappa shape index (κ1) is 19.0. The van der Waals surface area contributed by atoms with Gasteiger partial charge in [0.15, 0.2) is 5.96 Å².